The second-order valence-electron chi connectivity index (χ2n) is 8.27. The smallest absolute Gasteiger partial charge is 0.256 e. The highest BCUT2D eigenvalue weighted by Gasteiger charge is 2.36. The predicted octanol–water partition coefficient (Wildman–Crippen LogP) is 2.35. The number of fused-ring (bicyclic) bond motifs is 1. The third kappa shape index (κ3) is 5.71. The molecular formula is C25H32N4O4. The molecule has 0 spiro atoms. The Kier molecular flexibility index (Phi) is 7.93. The van der Waals surface area contributed by atoms with Crippen molar-refractivity contribution in [3.63, 3.8) is 0 Å². The molecule has 2 amide bonds. The monoisotopic (exact) mass is 452 g/mol. The first-order chi connectivity index (χ1) is 16.2. The van der Waals surface area contributed by atoms with Gasteiger partial charge in [0.05, 0.1) is 19.8 Å². The first-order valence-electron chi connectivity index (χ1n) is 11.5. The Morgan fingerprint density at radius 1 is 1.09 bits per heavy atom. The van der Waals surface area contributed by atoms with Crippen LogP contribution in [-0.2, 0) is 9.47 Å². The van der Waals surface area contributed by atoms with E-state index >= 15 is 0 Å². The maximum Gasteiger partial charge on any atom is 0.256 e. The summed E-state index contributed by atoms with van der Waals surface area (Å²) in [5.74, 6) is -0.0835. The maximum atomic E-state index is 12.8. The van der Waals surface area contributed by atoms with Gasteiger partial charge >= 0.3 is 0 Å². The van der Waals surface area contributed by atoms with Gasteiger partial charge in [-0.05, 0) is 43.3 Å². The fourth-order valence-electron chi connectivity index (χ4n) is 4.25. The van der Waals surface area contributed by atoms with Crippen molar-refractivity contribution < 1.29 is 19.1 Å². The Bertz CT molecular complexity index is 944. The summed E-state index contributed by atoms with van der Waals surface area (Å²) >= 11 is 0. The van der Waals surface area contributed by atoms with E-state index in [4.69, 9.17) is 9.47 Å². The van der Waals surface area contributed by atoms with Crippen LogP contribution in [0.15, 0.2) is 48.5 Å². The highest BCUT2D eigenvalue weighted by Crippen LogP contribution is 2.34. The lowest BCUT2D eigenvalue weighted by atomic mass is 10.1. The summed E-state index contributed by atoms with van der Waals surface area (Å²) in [6.07, 6.45) is 0.640. The minimum Gasteiger partial charge on any atom is -0.383 e. The van der Waals surface area contributed by atoms with Gasteiger partial charge in [-0.15, -0.1) is 0 Å². The zero-order valence-corrected chi connectivity index (χ0v) is 19.1. The Balaban J connectivity index is 1.32. The second kappa shape index (κ2) is 11.3. The molecule has 1 saturated heterocycles. The Morgan fingerprint density at radius 3 is 2.61 bits per heavy atom. The average molecular weight is 453 g/mol. The van der Waals surface area contributed by atoms with Crippen molar-refractivity contribution in [2.75, 3.05) is 65.0 Å². The van der Waals surface area contributed by atoms with Gasteiger partial charge < -0.3 is 25.0 Å². The van der Waals surface area contributed by atoms with E-state index in [1.165, 1.54) is 0 Å². The van der Waals surface area contributed by atoms with Crippen LogP contribution in [0.3, 0.4) is 0 Å². The maximum absolute atomic E-state index is 12.8. The number of carbonyl (C=O) groups is 2. The van der Waals surface area contributed by atoms with E-state index in [9.17, 15) is 9.59 Å². The molecule has 2 aromatic carbocycles. The van der Waals surface area contributed by atoms with Crippen LogP contribution in [0.5, 0.6) is 0 Å². The topological polar surface area (TPSA) is 83.1 Å². The van der Waals surface area contributed by atoms with E-state index in [-0.39, 0.29) is 18.0 Å². The van der Waals surface area contributed by atoms with Crippen LogP contribution in [0, 0.1) is 0 Å². The van der Waals surface area contributed by atoms with Crippen LogP contribution in [0.4, 0.5) is 5.69 Å². The number of hydrogen-bond acceptors (Lipinski definition) is 6. The number of morpholine rings is 1. The van der Waals surface area contributed by atoms with Crippen molar-refractivity contribution in [1.82, 2.24) is 15.1 Å². The van der Waals surface area contributed by atoms with Gasteiger partial charge in [0.2, 0.25) is 0 Å². The van der Waals surface area contributed by atoms with Gasteiger partial charge in [-0.25, -0.2) is 0 Å². The number of nitrogens with zero attached hydrogens (tertiary/aromatic N) is 2. The Labute approximate surface area is 194 Å². The van der Waals surface area contributed by atoms with Gasteiger partial charge in [0, 0.05) is 55.7 Å². The minimum absolute atomic E-state index is 0.00627. The van der Waals surface area contributed by atoms with E-state index in [1.54, 1.807) is 12.0 Å². The summed E-state index contributed by atoms with van der Waals surface area (Å²) in [4.78, 5) is 29.5. The molecule has 33 heavy (non-hydrogen) atoms. The number of ether oxygens (including phenoxy) is 2. The fourth-order valence-corrected chi connectivity index (χ4v) is 4.25. The molecule has 0 aromatic heterocycles. The van der Waals surface area contributed by atoms with Crippen LogP contribution < -0.4 is 10.6 Å². The number of nitrogens with one attached hydrogen (secondary N) is 2. The normalized spacial score (nSPS) is 18.3. The van der Waals surface area contributed by atoms with E-state index in [0.29, 0.717) is 30.8 Å². The van der Waals surface area contributed by atoms with Gasteiger partial charge in [0.25, 0.3) is 11.8 Å². The van der Waals surface area contributed by atoms with Gasteiger partial charge in [0.1, 0.15) is 6.17 Å². The molecule has 2 aliphatic rings. The zero-order chi connectivity index (χ0) is 23.0. The molecular weight excluding hydrogens is 420 g/mol. The number of methoxy groups -OCH3 is 1. The molecule has 2 heterocycles. The Hall–Kier alpha value is -2.94. The van der Waals surface area contributed by atoms with Crippen molar-refractivity contribution in [2.24, 2.45) is 0 Å². The summed E-state index contributed by atoms with van der Waals surface area (Å²) in [5, 5.41) is 6.44. The molecule has 8 heteroatoms. The summed E-state index contributed by atoms with van der Waals surface area (Å²) in [7, 11) is 1.63. The molecule has 4 rings (SSSR count). The zero-order valence-electron chi connectivity index (χ0n) is 19.1. The van der Waals surface area contributed by atoms with Crippen LogP contribution >= 0.6 is 0 Å². The molecule has 1 unspecified atom stereocenters. The molecule has 0 radical (unpaired) electrons. The first-order valence-corrected chi connectivity index (χ1v) is 11.5. The van der Waals surface area contributed by atoms with Crippen LogP contribution in [0.1, 0.15) is 38.9 Å². The minimum atomic E-state index is -0.274. The lowest BCUT2D eigenvalue weighted by Gasteiger charge is -2.27. The molecule has 176 valence electrons. The predicted molar refractivity (Wildman–Crippen MR) is 126 cm³/mol. The molecule has 1 atom stereocenters. The number of rotatable bonds is 10. The van der Waals surface area contributed by atoms with Crippen molar-refractivity contribution in [2.45, 2.75) is 12.6 Å². The third-order valence-electron chi connectivity index (χ3n) is 6.09. The standard InChI is InChI=1S/C25H32N4O4/c1-32-16-15-29-23(21-5-2-3-6-22(21)25(29)31)27-20-9-7-19(8-10-20)24(30)26-11-4-12-28-13-17-33-18-14-28/h2-3,5-10,23,27H,4,11-18H2,1H3,(H,26,30). The molecule has 0 aliphatic carbocycles. The molecule has 0 bridgehead atoms. The van der Waals surface area contributed by atoms with Crippen molar-refractivity contribution in [3.8, 4) is 0 Å². The van der Waals surface area contributed by atoms with Crippen LogP contribution in [-0.4, -0.2) is 81.3 Å². The summed E-state index contributed by atoms with van der Waals surface area (Å²) in [6, 6.07) is 15.0. The van der Waals surface area contributed by atoms with Crippen LogP contribution in [0.25, 0.3) is 0 Å². The van der Waals surface area contributed by atoms with Gasteiger partial charge in [-0.1, -0.05) is 18.2 Å². The highest BCUT2D eigenvalue weighted by atomic mass is 16.5. The average Bonchev–Trinajstić information content (AvgIpc) is 3.12. The third-order valence-corrected chi connectivity index (χ3v) is 6.09. The Morgan fingerprint density at radius 2 is 1.85 bits per heavy atom. The van der Waals surface area contributed by atoms with E-state index in [0.717, 1.165) is 50.5 Å². The largest absolute Gasteiger partial charge is 0.383 e. The van der Waals surface area contributed by atoms with Gasteiger partial charge in [0.15, 0.2) is 0 Å². The van der Waals surface area contributed by atoms with Crippen LogP contribution in [0.2, 0.25) is 0 Å². The quantitative estimate of drug-likeness (QED) is 0.539. The number of benzene rings is 2. The number of carbonyl (C=O) groups excluding carboxylic acids is 2. The summed E-state index contributed by atoms with van der Waals surface area (Å²) in [5.41, 5.74) is 3.11. The molecule has 0 saturated carbocycles. The van der Waals surface area contributed by atoms with Crippen molar-refractivity contribution in [1.29, 1.82) is 0 Å². The van der Waals surface area contributed by atoms with E-state index in [1.807, 2.05) is 48.5 Å². The second-order valence-corrected chi connectivity index (χ2v) is 8.27. The summed E-state index contributed by atoms with van der Waals surface area (Å²) in [6.45, 7) is 6.06. The molecule has 2 aliphatic heterocycles. The van der Waals surface area contributed by atoms with Gasteiger partial charge in [-0.2, -0.15) is 0 Å². The molecule has 2 aromatic rings. The van der Waals surface area contributed by atoms with Gasteiger partial charge in [-0.3, -0.25) is 14.5 Å². The van der Waals surface area contributed by atoms with Crippen molar-refractivity contribution in [3.05, 3.63) is 65.2 Å². The lowest BCUT2D eigenvalue weighted by Crippen LogP contribution is -2.38. The molecule has 8 nitrogen and oxygen atoms in total. The summed E-state index contributed by atoms with van der Waals surface area (Å²) < 4.78 is 10.5. The fraction of sp³-hybridized carbons (Fsp3) is 0.440. The van der Waals surface area contributed by atoms with Crippen molar-refractivity contribution >= 4 is 17.5 Å². The SMILES string of the molecule is COCCN1C(=O)c2ccccc2C1Nc1ccc(C(=O)NCCCN2CCOCC2)cc1. The van der Waals surface area contributed by atoms with E-state index < -0.39 is 0 Å². The number of hydrogen-bond donors (Lipinski definition) is 2. The van der Waals surface area contributed by atoms with E-state index in [2.05, 4.69) is 15.5 Å². The number of amides is 2. The molecule has 1 fully saturated rings. The first kappa shape index (κ1) is 23.2. The lowest BCUT2D eigenvalue weighted by molar-refractivity contribution is 0.0374. The molecule has 2 N–H and O–H groups in total. The highest BCUT2D eigenvalue weighted by molar-refractivity contribution is 5.99. The number of anilines is 1.